The molecule has 1 aliphatic carbocycles. The molecule has 0 N–H and O–H groups in total. The number of carbonyl (C=O) groups excluding carboxylic acids is 1. The topological polar surface area (TPSA) is 30.0 Å². The second-order valence-corrected chi connectivity index (χ2v) is 3.59. The molecule has 0 bridgehead atoms. The van der Waals surface area contributed by atoms with Crippen LogP contribution in [-0.4, -0.2) is 11.3 Å². The summed E-state index contributed by atoms with van der Waals surface area (Å²) < 4.78 is 0. The van der Waals surface area contributed by atoms with Crippen molar-refractivity contribution in [3.05, 3.63) is 41.7 Å². The Morgan fingerprint density at radius 2 is 2.43 bits per heavy atom. The average molecular weight is 187 g/mol. The quantitative estimate of drug-likeness (QED) is 0.526. The van der Waals surface area contributed by atoms with Crippen LogP contribution in [0.2, 0.25) is 0 Å². The fraction of sp³-hybridized carbons (Fsp3) is 0.333. The first-order valence-electron chi connectivity index (χ1n) is 4.97. The van der Waals surface area contributed by atoms with Crippen molar-refractivity contribution in [1.29, 1.82) is 0 Å². The van der Waals surface area contributed by atoms with Gasteiger partial charge < -0.3 is 0 Å². The lowest BCUT2D eigenvalue weighted by atomic mass is 9.88. The van der Waals surface area contributed by atoms with Crippen molar-refractivity contribution in [3.8, 4) is 0 Å². The minimum atomic E-state index is 0.409. The third-order valence-corrected chi connectivity index (χ3v) is 2.67. The molecule has 0 fully saturated rings. The number of aromatic nitrogens is 1. The van der Waals surface area contributed by atoms with Crippen molar-refractivity contribution in [2.75, 3.05) is 0 Å². The molecule has 0 aliphatic heterocycles. The standard InChI is InChI=1S/C12H13NO/c14-9-11-8-13-7-6-12(11)10-4-2-1-3-5-10/h2,4,6-10H,1,3,5H2. The average Bonchev–Trinajstić information content (AvgIpc) is 2.30. The van der Waals surface area contributed by atoms with Crippen LogP contribution in [0.4, 0.5) is 0 Å². The molecule has 0 radical (unpaired) electrons. The molecule has 1 heterocycles. The molecule has 0 amide bonds. The summed E-state index contributed by atoms with van der Waals surface area (Å²) in [5.41, 5.74) is 1.84. The Balaban J connectivity index is 2.34. The smallest absolute Gasteiger partial charge is 0.151 e. The predicted octanol–water partition coefficient (Wildman–Crippen LogP) is 2.72. The van der Waals surface area contributed by atoms with E-state index in [4.69, 9.17) is 0 Å². The maximum atomic E-state index is 10.8. The van der Waals surface area contributed by atoms with Crippen LogP contribution in [0.1, 0.15) is 41.1 Å². The summed E-state index contributed by atoms with van der Waals surface area (Å²) in [5.74, 6) is 0.409. The number of pyridine rings is 1. The molecular formula is C12H13NO. The molecule has 0 aromatic carbocycles. The normalized spacial score (nSPS) is 20.7. The fourth-order valence-electron chi connectivity index (χ4n) is 1.93. The van der Waals surface area contributed by atoms with Gasteiger partial charge in [-0.25, -0.2) is 0 Å². The molecule has 0 saturated carbocycles. The molecule has 14 heavy (non-hydrogen) atoms. The van der Waals surface area contributed by atoms with E-state index in [9.17, 15) is 4.79 Å². The first kappa shape index (κ1) is 9.13. The summed E-state index contributed by atoms with van der Waals surface area (Å²) in [6.45, 7) is 0. The number of hydrogen-bond acceptors (Lipinski definition) is 2. The third kappa shape index (κ3) is 1.74. The molecule has 2 heteroatoms. The zero-order chi connectivity index (χ0) is 9.80. The molecule has 0 spiro atoms. The summed E-state index contributed by atoms with van der Waals surface area (Å²) in [7, 11) is 0. The predicted molar refractivity (Wildman–Crippen MR) is 55.4 cm³/mol. The van der Waals surface area contributed by atoms with Crippen LogP contribution in [0.15, 0.2) is 30.6 Å². The largest absolute Gasteiger partial charge is 0.298 e. The first-order valence-corrected chi connectivity index (χ1v) is 4.97. The number of aldehydes is 1. The Bertz CT molecular complexity index is 357. The zero-order valence-corrected chi connectivity index (χ0v) is 8.02. The highest BCUT2D eigenvalue weighted by atomic mass is 16.1. The number of hydrogen-bond donors (Lipinski definition) is 0. The summed E-state index contributed by atoms with van der Waals surface area (Å²) in [6, 6.07) is 1.95. The highest BCUT2D eigenvalue weighted by molar-refractivity contribution is 5.77. The summed E-state index contributed by atoms with van der Waals surface area (Å²) >= 11 is 0. The van der Waals surface area contributed by atoms with E-state index in [-0.39, 0.29) is 0 Å². The van der Waals surface area contributed by atoms with Gasteiger partial charge in [-0.2, -0.15) is 0 Å². The molecule has 1 aromatic rings. The zero-order valence-electron chi connectivity index (χ0n) is 8.02. The van der Waals surface area contributed by atoms with Gasteiger partial charge in [-0.05, 0) is 30.9 Å². The number of rotatable bonds is 2. The van der Waals surface area contributed by atoms with Crippen LogP contribution in [0.5, 0.6) is 0 Å². The second-order valence-electron chi connectivity index (χ2n) is 3.59. The van der Waals surface area contributed by atoms with Crippen molar-refractivity contribution >= 4 is 6.29 Å². The molecular weight excluding hydrogens is 174 g/mol. The molecule has 1 aromatic heterocycles. The number of carbonyl (C=O) groups is 1. The maximum absolute atomic E-state index is 10.8. The fourth-order valence-corrected chi connectivity index (χ4v) is 1.93. The van der Waals surface area contributed by atoms with E-state index in [1.54, 1.807) is 12.4 Å². The monoisotopic (exact) mass is 187 g/mol. The Morgan fingerprint density at radius 1 is 1.50 bits per heavy atom. The van der Waals surface area contributed by atoms with Gasteiger partial charge in [0, 0.05) is 23.9 Å². The van der Waals surface area contributed by atoms with E-state index < -0.39 is 0 Å². The number of nitrogens with zero attached hydrogens (tertiary/aromatic N) is 1. The van der Waals surface area contributed by atoms with E-state index in [1.807, 2.05) is 6.07 Å². The van der Waals surface area contributed by atoms with Gasteiger partial charge in [0.05, 0.1) is 0 Å². The van der Waals surface area contributed by atoms with Gasteiger partial charge >= 0.3 is 0 Å². The maximum Gasteiger partial charge on any atom is 0.151 e. The molecule has 72 valence electrons. The van der Waals surface area contributed by atoms with Gasteiger partial charge in [0.2, 0.25) is 0 Å². The molecule has 1 atom stereocenters. The van der Waals surface area contributed by atoms with Crippen LogP contribution in [0.25, 0.3) is 0 Å². The summed E-state index contributed by atoms with van der Waals surface area (Å²) in [5, 5.41) is 0. The molecule has 1 unspecified atom stereocenters. The molecule has 1 aliphatic rings. The van der Waals surface area contributed by atoms with E-state index in [0.717, 1.165) is 30.3 Å². The van der Waals surface area contributed by atoms with Crippen LogP contribution in [0, 0.1) is 0 Å². The lowest BCUT2D eigenvalue weighted by Gasteiger charge is -2.17. The van der Waals surface area contributed by atoms with Gasteiger partial charge in [-0.15, -0.1) is 0 Å². The van der Waals surface area contributed by atoms with Crippen molar-refractivity contribution in [2.24, 2.45) is 0 Å². The molecule has 0 saturated heterocycles. The first-order chi connectivity index (χ1) is 6.92. The highest BCUT2D eigenvalue weighted by Crippen LogP contribution is 2.28. The Labute approximate surface area is 83.7 Å². The lowest BCUT2D eigenvalue weighted by Crippen LogP contribution is -2.03. The van der Waals surface area contributed by atoms with E-state index in [0.29, 0.717) is 5.92 Å². The van der Waals surface area contributed by atoms with Crippen molar-refractivity contribution in [3.63, 3.8) is 0 Å². The Hall–Kier alpha value is -1.44. The van der Waals surface area contributed by atoms with Gasteiger partial charge in [-0.1, -0.05) is 12.2 Å². The second kappa shape index (κ2) is 4.18. The van der Waals surface area contributed by atoms with Gasteiger partial charge in [0.1, 0.15) is 0 Å². The summed E-state index contributed by atoms with van der Waals surface area (Å²) in [6.07, 6.45) is 12.2. The minimum Gasteiger partial charge on any atom is -0.298 e. The van der Waals surface area contributed by atoms with Gasteiger partial charge in [0.25, 0.3) is 0 Å². The molecule has 2 nitrogen and oxygen atoms in total. The third-order valence-electron chi connectivity index (χ3n) is 2.67. The van der Waals surface area contributed by atoms with Crippen molar-refractivity contribution in [2.45, 2.75) is 25.2 Å². The van der Waals surface area contributed by atoms with Crippen LogP contribution in [0.3, 0.4) is 0 Å². The SMILES string of the molecule is O=Cc1cnccc1C1C=CCCC1. The lowest BCUT2D eigenvalue weighted by molar-refractivity contribution is 0.112. The van der Waals surface area contributed by atoms with Crippen LogP contribution < -0.4 is 0 Å². The number of allylic oxidation sites excluding steroid dienone is 2. The summed E-state index contributed by atoms with van der Waals surface area (Å²) in [4.78, 5) is 14.8. The van der Waals surface area contributed by atoms with Gasteiger partial charge in [0.15, 0.2) is 6.29 Å². The van der Waals surface area contributed by atoms with E-state index >= 15 is 0 Å². The van der Waals surface area contributed by atoms with E-state index in [1.165, 1.54) is 6.42 Å². The van der Waals surface area contributed by atoms with Crippen molar-refractivity contribution in [1.82, 2.24) is 4.98 Å². The van der Waals surface area contributed by atoms with Gasteiger partial charge in [-0.3, -0.25) is 9.78 Å². The van der Waals surface area contributed by atoms with Crippen LogP contribution in [-0.2, 0) is 0 Å². The van der Waals surface area contributed by atoms with Crippen LogP contribution >= 0.6 is 0 Å². The van der Waals surface area contributed by atoms with Crippen molar-refractivity contribution < 1.29 is 4.79 Å². The molecule has 2 rings (SSSR count). The Kier molecular flexibility index (Phi) is 2.73. The Morgan fingerprint density at radius 3 is 3.14 bits per heavy atom. The highest BCUT2D eigenvalue weighted by Gasteiger charge is 2.13. The van der Waals surface area contributed by atoms with E-state index in [2.05, 4.69) is 17.1 Å². The minimum absolute atomic E-state index is 0.409.